The van der Waals surface area contributed by atoms with Crippen molar-refractivity contribution >= 4 is 11.9 Å². The summed E-state index contributed by atoms with van der Waals surface area (Å²) in [6.45, 7) is 12.7. The standard InChI is InChI=1S/C21H35N5O2/c1-3-9-24-10-7-18(8-11-24)17-23-21(22-4-2)26-14-12-25(13-15-26)20(27)19-6-5-16-28-19/h5-6,16,18H,3-4,7-15,17H2,1-2H3,(H,22,23). The molecule has 3 heterocycles. The Bertz CT molecular complexity index is 615. The van der Waals surface area contributed by atoms with E-state index in [1.54, 1.807) is 18.4 Å². The molecular weight excluding hydrogens is 354 g/mol. The third kappa shape index (κ3) is 5.50. The highest BCUT2D eigenvalue weighted by Gasteiger charge is 2.25. The van der Waals surface area contributed by atoms with Crippen molar-refractivity contribution in [2.45, 2.75) is 33.1 Å². The number of furan rings is 1. The van der Waals surface area contributed by atoms with Crippen molar-refractivity contribution in [3.63, 3.8) is 0 Å². The second-order valence-corrected chi connectivity index (χ2v) is 7.74. The van der Waals surface area contributed by atoms with Crippen molar-refractivity contribution in [2.75, 3.05) is 58.9 Å². The minimum absolute atomic E-state index is 0.0228. The van der Waals surface area contributed by atoms with E-state index in [9.17, 15) is 4.79 Å². The lowest BCUT2D eigenvalue weighted by atomic mass is 9.97. The lowest BCUT2D eigenvalue weighted by Gasteiger charge is -2.36. The van der Waals surface area contributed by atoms with E-state index in [-0.39, 0.29) is 5.91 Å². The molecule has 2 aliphatic heterocycles. The molecule has 3 rings (SSSR count). The molecule has 0 bridgehead atoms. The van der Waals surface area contributed by atoms with Crippen molar-refractivity contribution in [2.24, 2.45) is 10.9 Å². The zero-order valence-electron chi connectivity index (χ0n) is 17.4. The van der Waals surface area contributed by atoms with Gasteiger partial charge >= 0.3 is 0 Å². The van der Waals surface area contributed by atoms with Gasteiger partial charge in [0.25, 0.3) is 5.91 Å². The molecule has 1 aromatic heterocycles. The Balaban J connectivity index is 1.49. The first-order chi connectivity index (χ1) is 13.7. The van der Waals surface area contributed by atoms with Crippen LogP contribution in [0.1, 0.15) is 43.7 Å². The van der Waals surface area contributed by atoms with Gasteiger partial charge < -0.3 is 24.4 Å². The monoisotopic (exact) mass is 389 g/mol. The molecule has 1 amide bonds. The van der Waals surface area contributed by atoms with Crippen LogP contribution >= 0.6 is 0 Å². The SMILES string of the molecule is CCCN1CCC(CN=C(NCC)N2CCN(C(=O)c3ccco3)CC2)CC1. The topological polar surface area (TPSA) is 64.3 Å². The Morgan fingerprint density at radius 2 is 1.86 bits per heavy atom. The summed E-state index contributed by atoms with van der Waals surface area (Å²) >= 11 is 0. The van der Waals surface area contributed by atoms with E-state index < -0.39 is 0 Å². The Morgan fingerprint density at radius 3 is 2.46 bits per heavy atom. The highest BCUT2D eigenvalue weighted by Crippen LogP contribution is 2.18. The van der Waals surface area contributed by atoms with E-state index in [4.69, 9.17) is 9.41 Å². The fourth-order valence-corrected chi connectivity index (χ4v) is 4.03. The van der Waals surface area contributed by atoms with E-state index in [0.717, 1.165) is 32.1 Å². The molecule has 2 aliphatic rings. The maximum atomic E-state index is 12.4. The molecule has 0 aliphatic carbocycles. The van der Waals surface area contributed by atoms with Crippen LogP contribution in [0.25, 0.3) is 0 Å². The number of piperazine rings is 1. The molecule has 2 fully saturated rings. The summed E-state index contributed by atoms with van der Waals surface area (Å²) in [6.07, 6.45) is 5.27. The van der Waals surface area contributed by atoms with Gasteiger partial charge in [0, 0.05) is 39.3 Å². The van der Waals surface area contributed by atoms with Crippen LogP contribution < -0.4 is 5.32 Å². The van der Waals surface area contributed by atoms with Gasteiger partial charge in [-0.05, 0) is 63.9 Å². The third-order valence-electron chi connectivity index (χ3n) is 5.68. The summed E-state index contributed by atoms with van der Waals surface area (Å²) in [5.41, 5.74) is 0. The molecular formula is C21H35N5O2. The number of rotatable bonds is 6. The van der Waals surface area contributed by atoms with Gasteiger partial charge in [0.05, 0.1) is 6.26 Å². The summed E-state index contributed by atoms with van der Waals surface area (Å²) < 4.78 is 5.25. The molecule has 2 saturated heterocycles. The van der Waals surface area contributed by atoms with Crippen molar-refractivity contribution in [1.82, 2.24) is 20.0 Å². The number of carbonyl (C=O) groups excluding carboxylic acids is 1. The van der Waals surface area contributed by atoms with Gasteiger partial charge in [0.2, 0.25) is 0 Å². The summed E-state index contributed by atoms with van der Waals surface area (Å²) in [5, 5.41) is 3.44. The first-order valence-corrected chi connectivity index (χ1v) is 10.8. The number of likely N-dealkylation sites (tertiary alicyclic amines) is 1. The van der Waals surface area contributed by atoms with Crippen LogP contribution in [0.2, 0.25) is 0 Å². The molecule has 156 valence electrons. The molecule has 1 aromatic rings. The molecule has 0 spiro atoms. The molecule has 7 nitrogen and oxygen atoms in total. The molecule has 0 aromatic carbocycles. The van der Waals surface area contributed by atoms with Crippen LogP contribution in [0.4, 0.5) is 0 Å². The van der Waals surface area contributed by atoms with Gasteiger partial charge in [-0.25, -0.2) is 0 Å². The lowest BCUT2D eigenvalue weighted by molar-refractivity contribution is 0.0657. The summed E-state index contributed by atoms with van der Waals surface area (Å²) in [7, 11) is 0. The molecule has 0 unspecified atom stereocenters. The highest BCUT2D eigenvalue weighted by atomic mass is 16.3. The first-order valence-electron chi connectivity index (χ1n) is 10.8. The molecule has 0 atom stereocenters. The number of nitrogens with zero attached hydrogens (tertiary/aromatic N) is 4. The molecule has 0 saturated carbocycles. The second-order valence-electron chi connectivity index (χ2n) is 7.74. The minimum atomic E-state index is -0.0228. The van der Waals surface area contributed by atoms with Gasteiger partial charge in [-0.3, -0.25) is 9.79 Å². The van der Waals surface area contributed by atoms with Crippen LogP contribution in [0.5, 0.6) is 0 Å². The Labute approximate surface area is 168 Å². The summed E-state index contributed by atoms with van der Waals surface area (Å²) in [6, 6.07) is 3.48. The van der Waals surface area contributed by atoms with E-state index in [1.165, 1.54) is 38.9 Å². The number of amides is 1. The Kier molecular flexibility index (Phi) is 7.77. The zero-order chi connectivity index (χ0) is 19.8. The number of nitrogens with one attached hydrogen (secondary N) is 1. The maximum Gasteiger partial charge on any atom is 0.289 e. The maximum absolute atomic E-state index is 12.4. The number of carbonyl (C=O) groups is 1. The Hall–Kier alpha value is -2.02. The number of hydrogen-bond acceptors (Lipinski definition) is 4. The average Bonchev–Trinajstić information content (AvgIpc) is 3.27. The number of hydrogen-bond donors (Lipinski definition) is 1. The number of guanidine groups is 1. The van der Waals surface area contributed by atoms with Crippen molar-refractivity contribution in [3.8, 4) is 0 Å². The summed E-state index contributed by atoms with van der Waals surface area (Å²) in [5.74, 6) is 2.07. The smallest absolute Gasteiger partial charge is 0.289 e. The molecule has 7 heteroatoms. The van der Waals surface area contributed by atoms with E-state index in [1.807, 2.05) is 4.90 Å². The highest BCUT2D eigenvalue weighted by molar-refractivity contribution is 5.91. The van der Waals surface area contributed by atoms with Crippen molar-refractivity contribution in [3.05, 3.63) is 24.2 Å². The zero-order valence-corrected chi connectivity index (χ0v) is 17.4. The van der Waals surface area contributed by atoms with Gasteiger partial charge in [0.15, 0.2) is 11.7 Å². The van der Waals surface area contributed by atoms with Gasteiger partial charge in [-0.15, -0.1) is 0 Å². The Morgan fingerprint density at radius 1 is 1.14 bits per heavy atom. The normalized spacial score (nSPS) is 19.9. The predicted octanol–water partition coefficient (Wildman–Crippen LogP) is 2.12. The van der Waals surface area contributed by atoms with Crippen LogP contribution in [-0.2, 0) is 0 Å². The van der Waals surface area contributed by atoms with Crippen LogP contribution in [0, 0.1) is 5.92 Å². The molecule has 1 N–H and O–H groups in total. The fraction of sp³-hybridized carbons (Fsp3) is 0.714. The second kappa shape index (κ2) is 10.5. The molecule has 28 heavy (non-hydrogen) atoms. The van der Waals surface area contributed by atoms with Gasteiger partial charge in [-0.1, -0.05) is 6.92 Å². The van der Waals surface area contributed by atoms with E-state index in [0.29, 0.717) is 24.8 Å². The quantitative estimate of drug-likeness (QED) is 0.596. The van der Waals surface area contributed by atoms with Crippen LogP contribution in [-0.4, -0.2) is 85.5 Å². The first kappa shape index (κ1) is 20.7. The number of piperidine rings is 1. The van der Waals surface area contributed by atoms with Crippen LogP contribution in [0.15, 0.2) is 27.8 Å². The summed E-state index contributed by atoms with van der Waals surface area (Å²) in [4.78, 5) is 24.1. The average molecular weight is 390 g/mol. The fourth-order valence-electron chi connectivity index (χ4n) is 4.03. The minimum Gasteiger partial charge on any atom is -0.459 e. The molecule has 0 radical (unpaired) electrons. The van der Waals surface area contributed by atoms with Crippen LogP contribution in [0.3, 0.4) is 0 Å². The van der Waals surface area contributed by atoms with E-state index in [2.05, 4.69) is 29.0 Å². The third-order valence-corrected chi connectivity index (χ3v) is 5.68. The van der Waals surface area contributed by atoms with Crippen molar-refractivity contribution in [1.29, 1.82) is 0 Å². The lowest BCUT2D eigenvalue weighted by Crippen LogP contribution is -2.53. The number of aliphatic imine (C=N–C) groups is 1. The van der Waals surface area contributed by atoms with Gasteiger partial charge in [-0.2, -0.15) is 0 Å². The largest absolute Gasteiger partial charge is 0.459 e. The van der Waals surface area contributed by atoms with E-state index >= 15 is 0 Å². The van der Waals surface area contributed by atoms with Crippen molar-refractivity contribution < 1.29 is 9.21 Å². The van der Waals surface area contributed by atoms with Gasteiger partial charge in [0.1, 0.15) is 0 Å². The predicted molar refractivity (Wildman–Crippen MR) is 112 cm³/mol.